The molecule has 0 saturated carbocycles. The van der Waals surface area contributed by atoms with Crippen LogP contribution >= 0.6 is 11.6 Å². The number of amides is 2. The van der Waals surface area contributed by atoms with Gasteiger partial charge >= 0.3 is 0 Å². The number of nitriles is 1. The SMILES string of the molecule is CC(C)(CNC(=O)CCC(=O)N(CCC#N)c1ccccc1)c1ccc(Cl)cc1. The Morgan fingerprint density at radius 2 is 1.72 bits per heavy atom. The number of hydrogen-bond acceptors (Lipinski definition) is 3. The van der Waals surface area contributed by atoms with Gasteiger partial charge in [-0.05, 0) is 29.8 Å². The third-order valence-corrected chi connectivity index (χ3v) is 4.99. The van der Waals surface area contributed by atoms with Gasteiger partial charge < -0.3 is 10.2 Å². The average molecular weight is 412 g/mol. The molecule has 2 aromatic carbocycles. The molecule has 0 fully saturated rings. The predicted octanol–water partition coefficient (Wildman–Crippen LogP) is 4.46. The summed E-state index contributed by atoms with van der Waals surface area (Å²) in [5.74, 6) is -0.341. The molecule has 0 aliphatic carbocycles. The normalized spacial score (nSPS) is 10.8. The van der Waals surface area contributed by atoms with Crippen molar-refractivity contribution in [2.24, 2.45) is 0 Å². The molecule has 0 aromatic heterocycles. The standard InChI is InChI=1S/C23H26ClN3O2/c1-23(2,18-9-11-19(24)12-10-18)17-26-21(28)13-14-22(29)27(16-6-15-25)20-7-4-3-5-8-20/h3-5,7-12H,6,13-14,16-17H2,1-2H3,(H,26,28). The van der Waals surface area contributed by atoms with E-state index in [1.54, 1.807) is 4.90 Å². The Morgan fingerprint density at radius 1 is 1.07 bits per heavy atom. The van der Waals surface area contributed by atoms with Gasteiger partial charge in [0.15, 0.2) is 0 Å². The highest BCUT2D eigenvalue weighted by Crippen LogP contribution is 2.24. The first kappa shape index (κ1) is 22.4. The first-order valence-electron chi connectivity index (χ1n) is 9.58. The number of carbonyl (C=O) groups excluding carboxylic acids is 2. The summed E-state index contributed by atoms with van der Waals surface area (Å²) in [6.45, 7) is 4.85. The van der Waals surface area contributed by atoms with Gasteiger partial charge in [0, 0.05) is 42.1 Å². The summed E-state index contributed by atoms with van der Waals surface area (Å²) >= 11 is 5.94. The number of anilines is 1. The first-order chi connectivity index (χ1) is 13.8. The number of para-hydroxylation sites is 1. The van der Waals surface area contributed by atoms with E-state index in [9.17, 15) is 9.59 Å². The van der Waals surface area contributed by atoms with Crippen LogP contribution in [0.25, 0.3) is 0 Å². The number of halogens is 1. The summed E-state index contributed by atoms with van der Waals surface area (Å²) in [7, 11) is 0. The Balaban J connectivity index is 1.89. The summed E-state index contributed by atoms with van der Waals surface area (Å²) < 4.78 is 0. The van der Waals surface area contributed by atoms with Crippen LogP contribution in [-0.2, 0) is 15.0 Å². The Bertz CT molecular complexity index is 858. The smallest absolute Gasteiger partial charge is 0.227 e. The van der Waals surface area contributed by atoms with Crippen molar-refractivity contribution in [3.8, 4) is 6.07 Å². The second-order valence-electron chi connectivity index (χ2n) is 7.46. The molecule has 29 heavy (non-hydrogen) atoms. The van der Waals surface area contributed by atoms with E-state index in [-0.39, 0.29) is 36.5 Å². The second-order valence-corrected chi connectivity index (χ2v) is 7.89. The summed E-state index contributed by atoms with van der Waals surface area (Å²) in [4.78, 5) is 26.5. The number of carbonyl (C=O) groups is 2. The van der Waals surface area contributed by atoms with Gasteiger partial charge in [-0.2, -0.15) is 5.26 Å². The molecule has 0 atom stereocenters. The highest BCUT2D eigenvalue weighted by atomic mass is 35.5. The summed E-state index contributed by atoms with van der Waals surface area (Å²) in [5.41, 5.74) is 1.55. The number of nitrogens with zero attached hydrogens (tertiary/aromatic N) is 2. The minimum absolute atomic E-state index is 0.0908. The van der Waals surface area contributed by atoms with Crippen LogP contribution in [0, 0.1) is 11.3 Å². The Hall–Kier alpha value is -2.84. The fraction of sp³-hybridized carbons (Fsp3) is 0.348. The van der Waals surface area contributed by atoms with E-state index < -0.39 is 0 Å². The topological polar surface area (TPSA) is 73.2 Å². The highest BCUT2D eigenvalue weighted by molar-refractivity contribution is 6.30. The van der Waals surface area contributed by atoms with E-state index in [0.29, 0.717) is 18.1 Å². The number of nitrogens with one attached hydrogen (secondary N) is 1. The van der Waals surface area contributed by atoms with E-state index in [4.69, 9.17) is 16.9 Å². The van der Waals surface area contributed by atoms with Crippen molar-refractivity contribution in [3.05, 3.63) is 65.2 Å². The third-order valence-electron chi connectivity index (χ3n) is 4.74. The van der Waals surface area contributed by atoms with E-state index >= 15 is 0 Å². The van der Waals surface area contributed by atoms with Crippen molar-refractivity contribution < 1.29 is 9.59 Å². The largest absolute Gasteiger partial charge is 0.355 e. The highest BCUT2D eigenvalue weighted by Gasteiger charge is 2.22. The van der Waals surface area contributed by atoms with Gasteiger partial charge in [-0.3, -0.25) is 9.59 Å². The molecule has 0 aliphatic rings. The van der Waals surface area contributed by atoms with Gasteiger partial charge in [-0.15, -0.1) is 0 Å². The molecule has 0 saturated heterocycles. The molecular formula is C23H26ClN3O2. The van der Waals surface area contributed by atoms with Crippen LogP contribution in [0.5, 0.6) is 0 Å². The van der Waals surface area contributed by atoms with Crippen LogP contribution < -0.4 is 10.2 Å². The molecule has 6 heteroatoms. The molecule has 0 unspecified atom stereocenters. The zero-order valence-corrected chi connectivity index (χ0v) is 17.6. The van der Waals surface area contributed by atoms with Gasteiger partial charge in [0.2, 0.25) is 11.8 Å². The number of benzene rings is 2. The van der Waals surface area contributed by atoms with Crippen LogP contribution in [0.15, 0.2) is 54.6 Å². The van der Waals surface area contributed by atoms with Crippen LogP contribution in [0.1, 0.15) is 38.7 Å². The second kappa shape index (κ2) is 10.6. The number of hydrogen-bond donors (Lipinski definition) is 1. The lowest BCUT2D eigenvalue weighted by molar-refractivity contribution is -0.125. The van der Waals surface area contributed by atoms with Gasteiger partial charge in [0.1, 0.15) is 0 Å². The molecule has 0 bridgehead atoms. The van der Waals surface area contributed by atoms with Crippen molar-refractivity contribution in [1.29, 1.82) is 5.26 Å². The van der Waals surface area contributed by atoms with Crippen molar-refractivity contribution in [2.75, 3.05) is 18.0 Å². The molecule has 5 nitrogen and oxygen atoms in total. The summed E-state index contributed by atoms with van der Waals surface area (Å²) in [5, 5.41) is 12.4. The summed E-state index contributed by atoms with van der Waals surface area (Å²) in [6, 6.07) is 18.8. The lowest BCUT2D eigenvalue weighted by atomic mass is 9.84. The van der Waals surface area contributed by atoms with Gasteiger partial charge in [0.25, 0.3) is 0 Å². The Kier molecular flexibility index (Phi) is 8.23. The van der Waals surface area contributed by atoms with Crippen LogP contribution in [0.2, 0.25) is 5.02 Å². The van der Waals surface area contributed by atoms with E-state index in [0.717, 1.165) is 11.3 Å². The minimum Gasteiger partial charge on any atom is -0.355 e. The molecule has 0 spiro atoms. The predicted molar refractivity (Wildman–Crippen MR) is 116 cm³/mol. The quantitative estimate of drug-likeness (QED) is 0.661. The van der Waals surface area contributed by atoms with E-state index in [1.165, 1.54) is 0 Å². The van der Waals surface area contributed by atoms with Gasteiger partial charge in [0.05, 0.1) is 12.5 Å². The zero-order chi connectivity index (χ0) is 21.3. The molecule has 152 valence electrons. The molecule has 2 rings (SSSR count). The maximum absolute atomic E-state index is 12.6. The monoisotopic (exact) mass is 411 g/mol. The lowest BCUT2D eigenvalue weighted by Gasteiger charge is -2.26. The first-order valence-corrected chi connectivity index (χ1v) is 9.96. The fourth-order valence-corrected chi connectivity index (χ4v) is 3.06. The molecule has 0 radical (unpaired) electrons. The van der Waals surface area contributed by atoms with Crippen molar-refractivity contribution in [1.82, 2.24) is 5.32 Å². The maximum atomic E-state index is 12.6. The number of rotatable bonds is 9. The zero-order valence-electron chi connectivity index (χ0n) is 16.8. The summed E-state index contributed by atoms with van der Waals surface area (Å²) in [6.07, 6.45) is 0.432. The van der Waals surface area contributed by atoms with Crippen molar-refractivity contribution >= 4 is 29.1 Å². The van der Waals surface area contributed by atoms with E-state index in [1.807, 2.05) is 68.4 Å². The lowest BCUT2D eigenvalue weighted by Crippen LogP contribution is -2.37. The van der Waals surface area contributed by atoms with Crippen LogP contribution in [0.4, 0.5) is 5.69 Å². The Labute approximate surface area is 177 Å². The van der Waals surface area contributed by atoms with Crippen molar-refractivity contribution in [2.45, 2.75) is 38.5 Å². The molecule has 0 aliphatic heterocycles. The molecule has 0 heterocycles. The third kappa shape index (κ3) is 6.92. The van der Waals surface area contributed by atoms with Crippen LogP contribution in [0.3, 0.4) is 0 Å². The van der Waals surface area contributed by atoms with E-state index in [2.05, 4.69) is 11.4 Å². The minimum atomic E-state index is -0.257. The van der Waals surface area contributed by atoms with Crippen LogP contribution in [-0.4, -0.2) is 24.9 Å². The molecule has 1 N–H and O–H groups in total. The van der Waals surface area contributed by atoms with Crippen molar-refractivity contribution in [3.63, 3.8) is 0 Å². The Morgan fingerprint density at radius 3 is 2.34 bits per heavy atom. The fourth-order valence-electron chi connectivity index (χ4n) is 2.93. The van der Waals surface area contributed by atoms with Gasteiger partial charge in [-0.25, -0.2) is 0 Å². The average Bonchev–Trinajstić information content (AvgIpc) is 2.72. The maximum Gasteiger partial charge on any atom is 0.227 e. The molecule has 2 aromatic rings. The van der Waals surface area contributed by atoms with Gasteiger partial charge in [-0.1, -0.05) is 55.8 Å². The molecular weight excluding hydrogens is 386 g/mol. The molecule has 2 amide bonds.